The van der Waals surface area contributed by atoms with E-state index < -0.39 is 0 Å². The largest absolute Gasteiger partial charge is 0.352 e. The van der Waals surface area contributed by atoms with Crippen molar-refractivity contribution in [3.05, 3.63) is 0 Å². The van der Waals surface area contributed by atoms with Crippen LogP contribution in [0.3, 0.4) is 0 Å². The first-order valence-electron chi connectivity index (χ1n) is 7.25. The van der Waals surface area contributed by atoms with Gasteiger partial charge in [0.15, 0.2) is 6.29 Å². The normalized spacial score (nSPS) is 19.1. The summed E-state index contributed by atoms with van der Waals surface area (Å²) in [6.45, 7) is 11.2. The van der Waals surface area contributed by atoms with E-state index in [1.54, 1.807) is 0 Å². The first-order chi connectivity index (χ1) is 8.30. The number of rotatable bonds is 8. The summed E-state index contributed by atoms with van der Waals surface area (Å²) in [5, 5.41) is 0. The van der Waals surface area contributed by atoms with Gasteiger partial charge in [0.05, 0.1) is 0 Å². The molecule has 0 atom stereocenters. The predicted octanol–water partition coefficient (Wildman–Crippen LogP) is 2.90. The molecule has 102 valence electrons. The van der Waals surface area contributed by atoms with Gasteiger partial charge in [-0.15, -0.1) is 0 Å². The molecule has 0 aromatic carbocycles. The van der Waals surface area contributed by atoms with Crippen LogP contribution in [-0.2, 0) is 9.47 Å². The fourth-order valence-electron chi connectivity index (χ4n) is 2.60. The molecule has 0 amide bonds. The molecule has 1 saturated heterocycles. The molecule has 0 aromatic heterocycles. The van der Waals surface area contributed by atoms with E-state index in [9.17, 15) is 0 Å². The SMILES string of the molecule is CCCC1CCN(CC(OCC)OCC)CC1. The maximum absolute atomic E-state index is 5.60. The van der Waals surface area contributed by atoms with Gasteiger partial charge in [-0.25, -0.2) is 0 Å². The summed E-state index contributed by atoms with van der Waals surface area (Å²) in [5.41, 5.74) is 0. The number of likely N-dealkylation sites (tertiary alicyclic amines) is 1. The quantitative estimate of drug-likeness (QED) is 0.612. The summed E-state index contributed by atoms with van der Waals surface area (Å²) in [6.07, 6.45) is 5.38. The molecular weight excluding hydrogens is 214 g/mol. The maximum atomic E-state index is 5.60. The molecule has 0 aliphatic carbocycles. The van der Waals surface area contributed by atoms with Crippen LogP contribution in [0.2, 0.25) is 0 Å². The molecule has 0 radical (unpaired) electrons. The Morgan fingerprint density at radius 3 is 2.12 bits per heavy atom. The van der Waals surface area contributed by atoms with Crippen molar-refractivity contribution in [1.29, 1.82) is 0 Å². The van der Waals surface area contributed by atoms with Crippen LogP contribution in [0.5, 0.6) is 0 Å². The summed E-state index contributed by atoms with van der Waals surface area (Å²) in [6, 6.07) is 0. The van der Waals surface area contributed by atoms with Crippen molar-refractivity contribution in [2.75, 3.05) is 32.8 Å². The Labute approximate surface area is 106 Å². The van der Waals surface area contributed by atoms with Crippen molar-refractivity contribution < 1.29 is 9.47 Å². The highest BCUT2D eigenvalue weighted by atomic mass is 16.7. The Hall–Kier alpha value is -0.120. The van der Waals surface area contributed by atoms with E-state index in [1.807, 2.05) is 13.8 Å². The van der Waals surface area contributed by atoms with E-state index >= 15 is 0 Å². The topological polar surface area (TPSA) is 21.7 Å². The third-order valence-electron chi connectivity index (χ3n) is 3.52. The highest BCUT2D eigenvalue weighted by Crippen LogP contribution is 2.21. The van der Waals surface area contributed by atoms with E-state index in [-0.39, 0.29) is 6.29 Å². The first-order valence-corrected chi connectivity index (χ1v) is 7.25. The molecule has 0 N–H and O–H groups in total. The molecule has 1 heterocycles. The van der Waals surface area contributed by atoms with Crippen molar-refractivity contribution in [3.8, 4) is 0 Å². The number of nitrogens with zero attached hydrogens (tertiary/aromatic N) is 1. The van der Waals surface area contributed by atoms with Crippen LogP contribution in [0.25, 0.3) is 0 Å². The average Bonchev–Trinajstić information content (AvgIpc) is 2.33. The highest BCUT2D eigenvalue weighted by Gasteiger charge is 2.21. The van der Waals surface area contributed by atoms with Crippen molar-refractivity contribution in [3.63, 3.8) is 0 Å². The highest BCUT2D eigenvalue weighted by molar-refractivity contribution is 4.72. The van der Waals surface area contributed by atoms with Gasteiger partial charge >= 0.3 is 0 Å². The Bertz CT molecular complexity index is 173. The molecule has 1 fully saturated rings. The van der Waals surface area contributed by atoms with E-state index in [0.29, 0.717) is 0 Å². The Morgan fingerprint density at radius 2 is 1.65 bits per heavy atom. The first kappa shape index (κ1) is 14.9. The molecule has 1 aliphatic heterocycles. The molecule has 0 bridgehead atoms. The van der Waals surface area contributed by atoms with E-state index in [1.165, 1.54) is 38.8 Å². The molecule has 0 aromatic rings. The van der Waals surface area contributed by atoms with Gasteiger partial charge in [0.2, 0.25) is 0 Å². The zero-order valence-electron chi connectivity index (χ0n) is 11.8. The second-order valence-electron chi connectivity index (χ2n) is 4.87. The van der Waals surface area contributed by atoms with Gasteiger partial charge in [-0.05, 0) is 45.7 Å². The van der Waals surface area contributed by atoms with Gasteiger partial charge in [0.25, 0.3) is 0 Å². The lowest BCUT2D eigenvalue weighted by Gasteiger charge is -2.33. The van der Waals surface area contributed by atoms with E-state index in [4.69, 9.17) is 9.47 Å². The van der Waals surface area contributed by atoms with Crippen LogP contribution < -0.4 is 0 Å². The monoisotopic (exact) mass is 243 g/mol. The van der Waals surface area contributed by atoms with E-state index in [0.717, 1.165) is 25.7 Å². The molecule has 0 spiro atoms. The fourth-order valence-corrected chi connectivity index (χ4v) is 2.60. The number of piperidine rings is 1. The zero-order valence-corrected chi connectivity index (χ0v) is 11.8. The number of ether oxygens (including phenoxy) is 2. The second kappa shape index (κ2) is 8.90. The molecular formula is C14H29NO2. The lowest BCUT2D eigenvalue weighted by atomic mass is 9.92. The van der Waals surface area contributed by atoms with Gasteiger partial charge in [-0.2, -0.15) is 0 Å². The van der Waals surface area contributed by atoms with Gasteiger partial charge in [-0.1, -0.05) is 19.8 Å². The van der Waals surface area contributed by atoms with Crippen LogP contribution >= 0.6 is 0 Å². The average molecular weight is 243 g/mol. The fraction of sp³-hybridized carbons (Fsp3) is 1.00. The molecule has 17 heavy (non-hydrogen) atoms. The standard InChI is InChI=1S/C14H29NO2/c1-4-7-13-8-10-15(11-9-13)12-14(16-5-2)17-6-3/h13-14H,4-12H2,1-3H3. The van der Waals surface area contributed by atoms with Gasteiger partial charge < -0.3 is 9.47 Å². The smallest absolute Gasteiger partial charge is 0.170 e. The summed E-state index contributed by atoms with van der Waals surface area (Å²) in [5.74, 6) is 0.953. The number of hydrogen-bond donors (Lipinski definition) is 0. The molecule has 1 aliphatic rings. The molecule has 1 rings (SSSR count). The lowest BCUT2D eigenvalue weighted by Crippen LogP contribution is -2.40. The maximum Gasteiger partial charge on any atom is 0.170 e. The minimum Gasteiger partial charge on any atom is -0.352 e. The Kier molecular flexibility index (Phi) is 7.82. The van der Waals surface area contributed by atoms with Crippen molar-refractivity contribution in [2.24, 2.45) is 5.92 Å². The summed E-state index contributed by atoms with van der Waals surface area (Å²) in [4.78, 5) is 2.49. The second-order valence-corrected chi connectivity index (χ2v) is 4.87. The van der Waals surface area contributed by atoms with Crippen LogP contribution in [0, 0.1) is 5.92 Å². The summed E-state index contributed by atoms with van der Waals surface area (Å²) < 4.78 is 11.2. The molecule has 3 heteroatoms. The predicted molar refractivity (Wildman–Crippen MR) is 71.1 cm³/mol. The zero-order chi connectivity index (χ0) is 12.5. The van der Waals surface area contributed by atoms with Crippen LogP contribution in [0.15, 0.2) is 0 Å². The lowest BCUT2D eigenvalue weighted by molar-refractivity contribution is -0.149. The van der Waals surface area contributed by atoms with Crippen LogP contribution in [0.1, 0.15) is 46.5 Å². The van der Waals surface area contributed by atoms with Gasteiger partial charge in [-0.3, -0.25) is 4.90 Å². The third kappa shape index (κ3) is 5.84. The summed E-state index contributed by atoms with van der Waals surface area (Å²) in [7, 11) is 0. The minimum atomic E-state index is -0.0345. The van der Waals surface area contributed by atoms with Crippen molar-refractivity contribution in [2.45, 2.75) is 52.7 Å². The van der Waals surface area contributed by atoms with Crippen LogP contribution in [-0.4, -0.2) is 44.0 Å². The summed E-state index contributed by atoms with van der Waals surface area (Å²) >= 11 is 0. The van der Waals surface area contributed by atoms with Crippen LogP contribution in [0.4, 0.5) is 0 Å². The van der Waals surface area contributed by atoms with Crippen molar-refractivity contribution >= 4 is 0 Å². The third-order valence-corrected chi connectivity index (χ3v) is 3.52. The van der Waals surface area contributed by atoms with Gasteiger partial charge in [0, 0.05) is 19.8 Å². The van der Waals surface area contributed by atoms with Gasteiger partial charge in [0.1, 0.15) is 0 Å². The minimum absolute atomic E-state index is 0.0345. The van der Waals surface area contributed by atoms with Crippen molar-refractivity contribution in [1.82, 2.24) is 4.90 Å². The Morgan fingerprint density at radius 1 is 1.06 bits per heavy atom. The molecule has 3 nitrogen and oxygen atoms in total. The Balaban J connectivity index is 2.22. The van der Waals surface area contributed by atoms with E-state index in [2.05, 4.69) is 11.8 Å². The molecule has 0 saturated carbocycles. The molecule has 0 unspecified atom stereocenters. The number of hydrogen-bond acceptors (Lipinski definition) is 3.